The molecule has 0 spiro atoms. The van der Waals surface area contributed by atoms with Crippen molar-refractivity contribution >= 4 is 21.8 Å². The number of sulfonamides is 1. The van der Waals surface area contributed by atoms with Gasteiger partial charge < -0.3 is 4.52 Å². The summed E-state index contributed by atoms with van der Waals surface area (Å²) >= 11 is 0. The molecule has 1 fully saturated rings. The van der Waals surface area contributed by atoms with Crippen molar-refractivity contribution in [3.63, 3.8) is 0 Å². The van der Waals surface area contributed by atoms with Gasteiger partial charge in [-0.15, -0.1) is 0 Å². The van der Waals surface area contributed by atoms with E-state index < -0.39 is 39.4 Å². The van der Waals surface area contributed by atoms with E-state index in [4.69, 9.17) is 9.73 Å². The van der Waals surface area contributed by atoms with Gasteiger partial charge in [0.1, 0.15) is 5.82 Å². The quantitative estimate of drug-likeness (QED) is 0.345. The van der Waals surface area contributed by atoms with Gasteiger partial charge in [0, 0.05) is 12.3 Å². The Kier molecular flexibility index (Phi) is 8.50. The van der Waals surface area contributed by atoms with Crippen molar-refractivity contribution in [1.82, 2.24) is 20.3 Å². The SMILES string of the molecule is O=C(C[C@H](CCCC1CCCCC1)c1nc(C(=O)NS(=O)(=O)c2ccc(F)cc2)no1)NO. The van der Waals surface area contributed by atoms with E-state index in [0.29, 0.717) is 12.3 Å². The number of rotatable bonds is 10. The van der Waals surface area contributed by atoms with Crippen LogP contribution in [-0.2, 0) is 14.8 Å². The molecule has 1 aliphatic carbocycles. The summed E-state index contributed by atoms with van der Waals surface area (Å²) in [6.45, 7) is 0. The molecular weight excluding hydrogens is 455 g/mol. The Morgan fingerprint density at radius 3 is 2.55 bits per heavy atom. The average molecular weight is 483 g/mol. The highest BCUT2D eigenvalue weighted by Gasteiger charge is 2.27. The maximum absolute atomic E-state index is 13.0. The number of aromatic nitrogens is 2. The molecule has 2 aromatic rings. The monoisotopic (exact) mass is 482 g/mol. The Morgan fingerprint density at radius 1 is 1.18 bits per heavy atom. The standard InChI is InChI=1S/C21H27FN4O6S/c22-16-9-11-17(12-10-16)33(30,31)26-20(28)19-23-21(32-25-19)15(13-18(27)24-29)8-4-7-14-5-2-1-3-6-14/h9-12,14-15,29H,1-8,13H2,(H,24,27)(H,26,28)/t15-/m0/s1. The molecule has 1 aromatic carbocycles. The first-order valence-electron chi connectivity index (χ1n) is 10.9. The molecule has 1 aliphatic rings. The second-order valence-electron chi connectivity index (χ2n) is 8.22. The first kappa shape index (κ1) is 24.8. The molecule has 2 amide bonds. The summed E-state index contributed by atoms with van der Waals surface area (Å²) in [7, 11) is -4.27. The molecule has 3 rings (SSSR count). The lowest BCUT2D eigenvalue weighted by Crippen LogP contribution is -2.31. The second kappa shape index (κ2) is 11.3. The van der Waals surface area contributed by atoms with Gasteiger partial charge in [0.15, 0.2) is 0 Å². The van der Waals surface area contributed by atoms with E-state index in [0.717, 1.165) is 37.1 Å². The van der Waals surface area contributed by atoms with Crippen LogP contribution in [0.2, 0.25) is 0 Å². The average Bonchev–Trinajstić information content (AvgIpc) is 3.29. The van der Waals surface area contributed by atoms with Crippen LogP contribution >= 0.6 is 0 Å². The van der Waals surface area contributed by atoms with Crippen molar-refractivity contribution in [3.05, 3.63) is 41.8 Å². The van der Waals surface area contributed by atoms with Gasteiger partial charge in [0.2, 0.25) is 11.8 Å². The Balaban J connectivity index is 1.65. The molecule has 0 unspecified atom stereocenters. The first-order chi connectivity index (χ1) is 15.8. The van der Waals surface area contributed by atoms with Crippen LogP contribution in [0, 0.1) is 11.7 Å². The number of hydrogen-bond donors (Lipinski definition) is 3. The van der Waals surface area contributed by atoms with Crippen LogP contribution in [0.25, 0.3) is 0 Å². The van der Waals surface area contributed by atoms with Crippen LogP contribution in [0.1, 0.15) is 80.2 Å². The molecule has 10 nitrogen and oxygen atoms in total. The number of halogens is 1. The molecule has 0 bridgehead atoms. The summed E-state index contributed by atoms with van der Waals surface area (Å²) in [5.74, 6) is -2.79. The normalized spacial score (nSPS) is 15.7. The second-order valence-corrected chi connectivity index (χ2v) is 9.90. The molecule has 0 saturated heterocycles. The van der Waals surface area contributed by atoms with E-state index in [2.05, 4.69) is 10.1 Å². The Bertz CT molecular complexity index is 1050. The lowest BCUT2D eigenvalue weighted by molar-refractivity contribution is -0.129. The highest BCUT2D eigenvalue weighted by Crippen LogP contribution is 2.31. The van der Waals surface area contributed by atoms with Gasteiger partial charge in [-0.2, -0.15) is 4.98 Å². The molecule has 180 valence electrons. The van der Waals surface area contributed by atoms with Gasteiger partial charge in [0.05, 0.1) is 4.90 Å². The van der Waals surface area contributed by atoms with Crippen LogP contribution in [-0.4, -0.2) is 35.6 Å². The van der Waals surface area contributed by atoms with E-state index in [1.165, 1.54) is 32.1 Å². The number of carbonyl (C=O) groups is 2. The zero-order valence-corrected chi connectivity index (χ0v) is 18.8. The number of hydroxylamine groups is 1. The topological polar surface area (TPSA) is 151 Å². The number of benzene rings is 1. The summed E-state index contributed by atoms with van der Waals surface area (Å²) in [5, 5.41) is 12.4. The largest absolute Gasteiger partial charge is 0.338 e. The Hall–Kier alpha value is -2.86. The molecule has 1 aromatic heterocycles. The zero-order valence-electron chi connectivity index (χ0n) is 18.0. The van der Waals surface area contributed by atoms with Gasteiger partial charge >= 0.3 is 5.91 Å². The summed E-state index contributed by atoms with van der Waals surface area (Å²) in [6, 6.07) is 3.94. The molecule has 1 heterocycles. The molecule has 3 N–H and O–H groups in total. The molecule has 0 aliphatic heterocycles. The number of nitrogens with zero attached hydrogens (tertiary/aromatic N) is 2. The molecule has 12 heteroatoms. The van der Waals surface area contributed by atoms with Crippen molar-refractivity contribution in [2.75, 3.05) is 0 Å². The predicted molar refractivity (Wildman–Crippen MR) is 113 cm³/mol. The van der Waals surface area contributed by atoms with E-state index in [1.54, 1.807) is 10.2 Å². The van der Waals surface area contributed by atoms with E-state index in [1.807, 2.05) is 0 Å². The first-order valence-corrected chi connectivity index (χ1v) is 12.4. The number of amides is 2. The minimum atomic E-state index is -4.27. The fraction of sp³-hybridized carbons (Fsp3) is 0.524. The third-order valence-electron chi connectivity index (χ3n) is 5.79. The summed E-state index contributed by atoms with van der Waals surface area (Å²) in [4.78, 5) is 27.8. The van der Waals surface area contributed by atoms with Crippen LogP contribution < -0.4 is 10.2 Å². The molecule has 0 radical (unpaired) electrons. The lowest BCUT2D eigenvalue weighted by atomic mass is 9.84. The van der Waals surface area contributed by atoms with E-state index >= 15 is 0 Å². The third kappa shape index (κ3) is 7.06. The van der Waals surface area contributed by atoms with Crippen LogP contribution in [0.15, 0.2) is 33.7 Å². The zero-order chi connectivity index (χ0) is 23.8. The summed E-state index contributed by atoms with van der Waals surface area (Å²) in [5.41, 5.74) is 1.57. The minimum absolute atomic E-state index is 0.00609. The highest BCUT2D eigenvalue weighted by atomic mass is 32.2. The van der Waals surface area contributed by atoms with E-state index in [-0.39, 0.29) is 17.2 Å². The maximum atomic E-state index is 13.0. The minimum Gasteiger partial charge on any atom is -0.338 e. The van der Waals surface area contributed by atoms with Gasteiger partial charge in [-0.1, -0.05) is 50.1 Å². The van der Waals surface area contributed by atoms with Crippen molar-refractivity contribution in [1.29, 1.82) is 0 Å². The Morgan fingerprint density at radius 2 is 1.88 bits per heavy atom. The summed E-state index contributed by atoms with van der Waals surface area (Å²) in [6.07, 6.45) is 8.29. The van der Waals surface area contributed by atoms with Gasteiger partial charge in [-0.05, 0) is 36.6 Å². The highest BCUT2D eigenvalue weighted by molar-refractivity contribution is 7.90. The lowest BCUT2D eigenvalue weighted by Gasteiger charge is -2.22. The number of hydrogen-bond acceptors (Lipinski definition) is 8. The Labute approximate surface area is 191 Å². The molecule has 1 atom stereocenters. The molecule has 33 heavy (non-hydrogen) atoms. The molecular formula is C21H27FN4O6S. The maximum Gasteiger partial charge on any atom is 0.306 e. The number of nitrogens with one attached hydrogen (secondary N) is 2. The van der Waals surface area contributed by atoms with Crippen molar-refractivity contribution < 1.29 is 32.1 Å². The predicted octanol–water partition coefficient (Wildman–Crippen LogP) is 3.06. The van der Waals surface area contributed by atoms with Gasteiger partial charge in [0.25, 0.3) is 15.8 Å². The number of carbonyl (C=O) groups excluding carboxylic acids is 2. The van der Waals surface area contributed by atoms with Crippen molar-refractivity contribution in [2.45, 2.75) is 68.6 Å². The van der Waals surface area contributed by atoms with Crippen LogP contribution in [0.4, 0.5) is 4.39 Å². The third-order valence-corrected chi connectivity index (χ3v) is 7.14. The van der Waals surface area contributed by atoms with Gasteiger partial charge in [-0.3, -0.25) is 14.8 Å². The van der Waals surface area contributed by atoms with Gasteiger partial charge in [-0.25, -0.2) is 23.0 Å². The van der Waals surface area contributed by atoms with Crippen molar-refractivity contribution in [2.24, 2.45) is 5.92 Å². The fourth-order valence-electron chi connectivity index (χ4n) is 4.04. The smallest absolute Gasteiger partial charge is 0.306 e. The van der Waals surface area contributed by atoms with Crippen LogP contribution in [0.5, 0.6) is 0 Å². The molecule has 1 saturated carbocycles. The van der Waals surface area contributed by atoms with Crippen LogP contribution in [0.3, 0.4) is 0 Å². The van der Waals surface area contributed by atoms with Crippen molar-refractivity contribution in [3.8, 4) is 0 Å². The van der Waals surface area contributed by atoms with E-state index in [9.17, 15) is 22.4 Å². The summed E-state index contributed by atoms with van der Waals surface area (Å²) < 4.78 is 44.6. The fourth-order valence-corrected chi connectivity index (χ4v) is 4.99.